The fourth-order valence-electron chi connectivity index (χ4n) is 2.76. The van der Waals surface area contributed by atoms with Crippen LogP contribution in [0, 0.1) is 19.8 Å². The van der Waals surface area contributed by atoms with Crippen LogP contribution in [0.25, 0.3) is 0 Å². The van der Waals surface area contributed by atoms with Crippen molar-refractivity contribution < 1.29 is 13.2 Å². The Morgan fingerprint density at radius 3 is 2.33 bits per heavy atom. The number of sulfonamides is 1. The highest BCUT2D eigenvalue weighted by Gasteiger charge is 2.30. The standard InChI is InChI=1S/C17H27N3O3S/c1-13(2)12-18-17(21)19-7-9-20(10-8-19)24(22,23)16-6-5-14(3)11-15(16)4/h5-6,11,13H,7-10,12H2,1-4H3,(H,18,21). The minimum atomic E-state index is -3.51. The number of benzene rings is 1. The van der Waals surface area contributed by atoms with Crippen LogP contribution in [0.5, 0.6) is 0 Å². The number of carbonyl (C=O) groups is 1. The minimum absolute atomic E-state index is 0.118. The summed E-state index contributed by atoms with van der Waals surface area (Å²) in [6, 6.07) is 5.24. The van der Waals surface area contributed by atoms with Gasteiger partial charge in [0.2, 0.25) is 10.0 Å². The zero-order valence-electron chi connectivity index (χ0n) is 14.9. The van der Waals surface area contributed by atoms with Crippen LogP contribution in [0.3, 0.4) is 0 Å². The molecular formula is C17H27N3O3S. The van der Waals surface area contributed by atoms with E-state index in [0.29, 0.717) is 43.5 Å². The molecule has 1 fully saturated rings. The first-order chi connectivity index (χ1) is 11.2. The van der Waals surface area contributed by atoms with E-state index in [-0.39, 0.29) is 6.03 Å². The average molecular weight is 353 g/mol. The van der Waals surface area contributed by atoms with Crippen LogP contribution in [0.4, 0.5) is 4.79 Å². The summed E-state index contributed by atoms with van der Waals surface area (Å²) in [6.07, 6.45) is 0. The molecule has 0 aromatic heterocycles. The Labute approximate surface area is 144 Å². The number of nitrogens with one attached hydrogen (secondary N) is 1. The van der Waals surface area contributed by atoms with Crippen LogP contribution in [-0.4, -0.2) is 56.4 Å². The molecule has 134 valence electrons. The lowest BCUT2D eigenvalue weighted by Gasteiger charge is -2.34. The number of aryl methyl sites for hydroxylation is 2. The van der Waals surface area contributed by atoms with Crippen LogP contribution in [0.15, 0.2) is 23.1 Å². The van der Waals surface area contributed by atoms with Gasteiger partial charge in [-0.25, -0.2) is 13.2 Å². The molecule has 0 saturated carbocycles. The first kappa shape index (κ1) is 18.7. The van der Waals surface area contributed by atoms with Gasteiger partial charge in [-0.1, -0.05) is 31.5 Å². The number of hydrogen-bond donors (Lipinski definition) is 1. The van der Waals surface area contributed by atoms with Gasteiger partial charge in [-0.05, 0) is 31.4 Å². The van der Waals surface area contributed by atoms with E-state index < -0.39 is 10.0 Å². The van der Waals surface area contributed by atoms with E-state index in [1.54, 1.807) is 11.0 Å². The molecule has 0 spiro atoms. The van der Waals surface area contributed by atoms with Gasteiger partial charge in [0.05, 0.1) is 4.90 Å². The largest absolute Gasteiger partial charge is 0.338 e. The van der Waals surface area contributed by atoms with E-state index in [1.807, 2.05) is 39.8 Å². The molecule has 24 heavy (non-hydrogen) atoms. The molecule has 1 aliphatic rings. The molecule has 1 aromatic rings. The van der Waals surface area contributed by atoms with Gasteiger partial charge in [-0.3, -0.25) is 0 Å². The molecular weight excluding hydrogens is 326 g/mol. The summed E-state index contributed by atoms with van der Waals surface area (Å²) in [6.45, 7) is 9.92. The third-order valence-electron chi connectivity index (χ3n) is 4.14. The summed E-state index contributed by atoms with van der Waals surface area (Å²) in [4.78, 5) is 14.1. The van der Waals surface area contributed by atoms with Gasteiger partial charge in [0.15, 0.2) is 0 Å². The number of piperazine rings is 1. The highest BCUT2D eigenvalue weighted by atomic mass is 32.2. The van der Waals surface area contributed by atoms with Gasteiger partial charge < -0.3 is 10.2 Å². The SMILES string of the molecule is Cc1ccc(S(=O)(=O)N2CCN(C(=O)NCC(C)C)CC2)c(C)c1. The predicted molar refractivity (Wildman–Crippen MR) is 94.5 cm³/mol. The first-order valence-electron chi connectivity index (χ1n) is 8.32. The fourth-order valence-corrected chi connectivity index (χ4v) is 4.39. The second-order valence-electron chi connectivity index (χ2n) is 6.74. The van der Waals surface area contributed by atoms with Crippen molar-refractivity contribution in [3.8, 4) is 0 Å². The Hall–Kier alpha value is -1.60. The highest BCUT2D eigenvalue weighted by Crippen LogP contribution is 2.22. The molecule has 6 nitrogen and oxygen atoms in total. The minimum Gasteiger partial charge on any atom is -0.338 e. The third-order valence-corrected chi connectivity index (χ3v) is 6.19. The second-order valence-corrected chi connectivity index (χ2v) is 8.65. The zero-order chi connectivity index (χ0) is 17.9. The van der Waals surface area contributed by atoms with Crippen molar-refractivity contribution in [3.05, 3.63) is 29.3 Å². The summed E-state index contributed by atoms with van der Waals surface area (Å²) < 4.78 is 27.1. The van der Waals surface area contributed by atoms with Crippen LogP contribution in [0.2, 0.25) is 0 Å². The van der Waals surface area contributed by atoms with Crippen molar-refractivity contribution in [2.45, 2.75) is 32.6 Å². The van der Waals surface area contributed by atoms with E-state index in [1.165, 1.54) is 4.31 Å². The van der Waals surface area contributed by atoms with Crippen molar-refractivity contribution in [1.82, 2.24) is 14.5 Å². The van der Waals surface area contributed by atoms with Crippen molar-refractivity contribution in [3.63, 3.8) is 0 Å². The van der Waals surface area contributed by atoms with Crippen molar-refractivity contribution >= 4 is 16.1 Å². The lowest BCUT2D eigenvalue weighted by atomic mass is 10.2. The Kier molecular flexibility index (Phi) is 5.87. The Bertz CT molecular complexity index is 693. The molecule has 0 bridgehead atoms. The topological polar surface area (TPSA) is 69.7 Å². The van der Waals surface area contributed by atoms with Gasteiger partial charge in [0, 0.05) is 32.7 Å². The average Bonchev–Trinajstić information content (AvgIpc) is 2.52. The fraction of sp³-hybridized carbons (Fsp3) is 0.588. The molecule has 1 heterocycles. The Morgan fingerprint density at radius 1 is 1.17 bits per heavy atom. The van der Waals surface area contributed by atoms with E-state index in [2.05, 4.69) is 5.32 Å². The quantitative estimate of drug-likeness (QED) is 0.900. The molecule has 2 amide bonds. The number of hydrogen-bond acceptors (Lipinski definition) is 3. The Morgan fingerprint density at radius 2 is 1.79 bits per heavy atom. The lowest BCUT2D eigenvalue weighted by Crippen LogP contribution is -2.53. The summed E-state index contributed by atoms with van der Waals surface area (Å²) >= 11 is 0. The van der Waals surface area contributed by atoms with Crippen molar-refractivity contribution in [2.75, 3.05) is 32.7 Å². The molecule has 7 heteroatoms. The summed E-state index contributed by atoms with van der Waals surface area (Å²) in [5, 5.41) is 2.87. The van der Waals surface area contributed by atoms with Gasteiger partial charge in [-0.2, -0.15) is 4.31 Å². The van der Waals surface area contributed by atoms with Crippen LogP contribution in [-0.2, 0) is 10.0 Å². The smallest absolute Gasteiger partial charge is 0.317 e. The molecule has 0 aliphatic carbocycles. The monoisotopic (exact) mass is 353 g/mol. The van der Waals surface area contributed by atoms with Gasteiger partial charge in [0.1, 0.15) is 0 Å². The molecule has 1 aliphatic heterocycles. The lowest BCUT2D eigenvalue weighted by molar-refractivity contribution is 0.171. The van der Waals surface area contributed by atoms with Crippen LogP contribution >= 0.6 is 0 Å². The maximum atomic E-state index is 12.8. The molecule has 1 aromatic carbocycles. The normalized spacial score (nSPS) is 16.5. The summed E-state index contributed by atoms with van der Waals surface area (Å²) in [5.41, 5.74) is 1.80. The molecule has 0 unspecified atom stereocenters. The first-order valence-corrected chi connectivity index (χ1v) is 9.76. The van der Waals surface area contributed by atoms with E-state index in [4.69, 9.17) is 0 Å². The predicted octanol–water partition coefficient (Wildman–Crippen LogP) is 1.98. The van der Waals surface area contributed by atoms with E-state index in [9.17, 15) is 13.2 Å². The van der Waals surface area contributed by atoms with Crippen LogP contribution in [0.1, 0.15) is 25.0 Å². The van der Waals surface area contributed by atoms with Crippen molar-refractivity contribution in [2.24, 2.45) is 5.92 Å². The van der Waals surface area contributed by atoms with Gasteiger partial charge in [0.25, 0.3) is 0 Å². The number of amides is 2. The third kappa shape index (κ3) is 4.27. The Balaban J connectivity index is 2.02. The molecule has 2 rings (SSSR count). The maximum absolute atomic E-state index is 12.8. The molecule has 1 saturated heterocycles. The van der Waals surface area contributed by atoms with Gasteiger partial charge >= 0.3 is 6.03 Å². The van der Waals surface area contributed by atoms with E-state index in [0.717, 1.165) is 11.1 Å². The number of carbonyl (C=O) groups excluding carboxylic acids is 1. The number of rotatable bonds is 4. The second kappa shape index (κ2) is 7.53. The highest BCUT2D eigenvalue weighted by molar-refractivity contribution is 7.89. The molecule has 1 N–H and O–H groups in total. The number of urea groups is 1. The van der Waals surface area contributed by atoms with E-state index >= 15 is 0 Å². The zero-order valence-corrected chi connectivity index (χ0v) is 15.7. The molecule has 0 radical (unpaired) electrons. The molecule has 0 atom stereocenters. The number of nitrogens with zero attached hydrogens (tertiary/aromatic N) is 2. The van der Waals surface area contributed by atoms with Crippen molar-refractivity contribution in [1.29, 1.82) is 0 Å². The maximum Gasteiger partial charge on any atom is 0.317 e. The summed E-state index contributed by atoms with van der Waals surface area (Å²) in [7, 11) is -3.51. The van der Waals surface area contributed by atoms with Gasteiger partial charge in [-0.15, -0.1) is 0 Å². The summed E-state index contributed by atoms with van der Waals surface area (Å²) in [5.74, 6) is 0.389. The van der Waals surface area contributed by atoms with Crippen LogP contribution < -0.4 is 5.32 Å².